The van der Waals surface area contributed by atoms with Crippen LogP contribution in [0.1, 0.15) is 37.9 Å². The first-order chi connectivity index (χ1) is 11.9. The van der Waals surface area contributed by atoms with Crippen molar-refractivity contribution in [2.45, 2.75) is 39.2 Å². The first-order valence-corrected chi connectivity index (χ1v) is 8.94. The second-order valence-electron chi connectivity index (χ2n) is 6.69. The lowest BCUT2D eigenvalue weighted by Crippen LogP contribution is -2.21. The molecule has 0 bridgehead atoms. The standard InChI is InChI=1S/C21H23ClN2O/c1-4-13-21(3,25)20-14-19(16-7-5-15(2)6-8-16)24(23-20)18-11-9-17(22)10-12-18/h5-12,14,25H,4,13H2,1-3H3. The lowest BCUT2D eigenvalue weighted by atomic mass is 9.96. The molecular formula is C21H23ClN2O. The van der Waals surface area contributed by atoms with Crippen molar-refractivity contribution in [3.05, 3.63) is 70.9 Å². The van der Waals surface area contributed by atoms with Gasteiger partial charge < -0.3 is 5.11 Å². The van der Waals surface area contributed by atoms with Crippen molar-refractivity contribution in [3.8, 4) is 16.9 Å². The van der Waals surface area contributed by atoms with Gasteiger partial charge in [-0.1, -0.05) is 54.8 Å². The third kappa shape index (κ3) is 3.78. The Morgan fingerprint density at radius 1 is 1.08 bits per heavy atom. The molecule has 0 spiro atoms. The summed E-state index contributed by atoms with van der Waals surface area (Å²) in [6.07, 6.45) is 1.55. The molecule has 25 heavy (non-hydrogen) atoms. The van der Waals surface area contributed by atoms with Crippen LogP contribution < -0.4 is 0 Å². The molecule has 1 heterocycles. The predicted molar refractivity (Wildman–Crippen MR) is 103 cm³/mol. The highest BCUT2D eigenvalue weighted by atomic mass is 35.5. The predicted octanol–water partition coefficient (Wildman–Crippen LogP) is 5.51. The summed E-state index contributed by atoms with van der Waals surface area (Å²) in [7, 11) is 0. The van der Waals surface area contributed by atoms with E-state index in [1.807, 2.05) is 41.9 Å². The van der Waals surface area contributed by atoms with Crippen LogP contribution in [0.3, 0.4) is 0 Å². The Balaban J connectivity index is 2.15. The number of hydrogen-bond acceptors (Lipinski definition) is 2. The molecule has 0 aliphatic heterocycles. The van der Waals surface area contributed by atoms with Crippen LogP contribution in [-0.4, -0.2) is 14.9 Å². The fraction of sp³-hybridized carbons (Fsp3) is 0.286. The van der Waals surface area contributed by atoms with Crippen molar-refractivity contribution < 1.29 is 5.11 Å². The van der Waals surface area contributed by atoms with Gasteiger partial charge in [-0.2, -0.15) is 5.10 Å². The summed E-state index contributed by atoms with van der Waals surface area (Å²) < 4.78 is 1.88. The number of nitrogens with zero attached hydrogens (tertiary/aromatic N) is 2. The van der Waals surface area contributed by atoms with Gasteiger partial charge in [-0.25, -0.2) is 4.68 Å². The Kier molecular flexibility index (Phi) is 4.98. The maximum atomic E-state index is 10.8. The minimum absolute atomic E-state index is 0.665. The first kappa shape index (κ1) is 17.7. The molecule has 3 aromatic rings. The molecule has 0 fully saturated rings. The Bertz CT molecular complexity index is 786. The molecule has 0 aliphatic rings. The topological polar surface area (TPSA) is 38.0 Å². The van der Waals surface area contributed by atoms with Crippen molar-refractivity contribution in [1.82, 2.24) is 9.78 Å². The third-order valence-corrected chi connectivity index (χ3v) is 4.67. The molecule has 130 valence electrons. The van der Waals surface area contributed by atoms with Crippen LogP contribution in [0.2, 0.25) is 5.02 Å². The first-order valence-electron chi connectivity index (χ1n) is 8.56. The maximum Gasteiger partial charge on any atom is 0.106 e. The molecule has 0 amide bonds. The summed E-state index contributed by atoms with van der Waals surface area (Å²) in [5.74, 6) is 0. The summed E-state index contributed by atoms with van der Waals surface area (Å²) in [5.41, 5.74) is 3.87. The molecule has 1 atom stereocenters. The van der Waals surface area contributed by atoms with E-state index in [9.17, 15) is 5.11 Å². The molecular weight excluding hydrogens is 332 g/mol. The average molecular weight is 355 g/mol. The number of hydrogen-bond donors (Lipinski definition) is 1. The molecule has 1 aromatic heterocycles. The third-order valence-electron chi connectivity index (χ3n) is 4.42. The molecule has 0 saturated carbocycles. The van der Waals surface area contributed by atoms with Gasteiger partial charge in [-0.05, 0) is 50.6 Å². The van der Waals surface area contributed by atoms with E-state index in [1.165, 1.54) is 5.56 Å². The van der Waals surface area contributed by atoms with Gasteiger partial charge in [-0.3, -0.25) is 0 Å². The minimum atomic E-state index is -0.953. The molecule has 1 N–H and O–H groups in total. The summed E-state index contributed by atoms with van der Waals surface area (Å²) in [4.78, 5) is 0. The number of rotatable bonds is 5. The second kappa shape index (κ2) is 7.03. The van der Waals surface area contributed by atoms with E-state index in [1.54, 1.807) is 0 Å². The Morgan fingerprint density at radius 3 is 2.32 bits per heavy atom. The number of halogens is 1. The summed E-state index contributed by atoms with van der Waals surface area (Å²) in [5, 5.41) is 16.2. The number of benzene rings is 2. The average Bonchev–Trinajstić information content (AvgIpc) is 3.02. The lowest BCUT2D eigenvalue weighted by molar-refractivity contribution is 0.0421. The van der Waals surface area contributed by atoms with E-state index in [0.717, 1.165) is 23.4 Å². The number of aromatic nitrogens is 2. The Morgan fingerprint density at radius 2 is 1.72 bits per heavy atom. The van der Waals surface area contributed by atoms with Crippen molar-refractivity contribution in [2.24, 2.45) is 0 Å². The van der Waals surface area contributed by atoms with Gasteiger partial charge in [0.05, 0.1) is 17.1 Å². The van der Waals surface area contributed by atoms with E-state index >= 15 is 0 Å². The van der Waals surface area contributed by atoms with Gasteiger partial charge in [0.1, 0.15) is 5.60 Å². The Hall–Kier alpha value is -2.10. The Labute approximate surface area is 153 Å². The minimum Gasteiger partial charge on any atom is -0.384 e. The molecule has 0 aliphatic carbocycles. The largest absolute Gasteiger partial charge is 0.384 e. The van der Waals surface area contributed by atoms with Crippen molar-refractivity contribution in [1.29, 1.82) is 0 Å². The molecule has 0 radical (unpaired) electrons. The van der Waals surface area contributed by atoms with Gasteiger partial charge in [0, 0.05) is 10.6 Å². The van der Waals surface area contributed by atoms with Crippen LogP contribution in [0.4, 0.5) is 0 Å². The highest BCUT2D eigenvalue weighted by Gasteiger charge is 2.27. The zero-order chi connectivity index (χ0) is 18.0. The second-order valence-corrected chi connectivity index (χ2v) is 7.13. The number of aliphatic hydroxyl groups is 1. The molecule has 3 nitrogen and oxygen atoms in total. The van der Waals surface area contributed by atoms with E-state index < -0.39 is 5.60 Å². The van der Waals surface area contributed by atoms with Gasteiger partial charge in [-0.15, -0.1) is 0 Å². The molecule has 0 saturated heterocycles. The summed E-state index contributed by atoms with van der Waals surface area (Å²) in [6, 6.07) is 17.9. The van der Waals surface area contributed by atoms with Crippen molar-refractivity contribution in [3.63, 3.8) is 0 Å². The zero-order valence-electron chi connectivity index (χ0n) is 14.8. The molecule has 1 unspecified atom stereocenters. The molecule has 3 rings (SSSR count). The van der Waals surface area contributed by atoms with Gasteiger partial charge in [0.2, 0.25) is 0 Å². The fourth-order valence-electron chi connectivity index (χ4n) is 2.97. The fourth-order valence-corrected chi connectivity index (χ4v) is 3.09. The zero-order valence-corrected chi connectivity index (χ0v) is 15.6. The van der Waals surface area contributed by atoms with Gasteiger partial charge in [0.25, 0.3) is 0 Å². The van der Waals surface area contributed by atoms with E-state index in [4.69, 9.17) is 16.7 Å². The van der Waals surface area contributed by atoms with Crippen LogP contribution in [0, 0.1) is 6.92 Å². The SMILES string of the molecule is CCCC(C)(O)c1cc(-c2ccc(C)cc2)n(-c2ccc(Cl)cc2)n1. The van der Waals surface area contributed by atoms with Gasteiger partial charge in [0.15, 0.2) is 0 Å². The highest BCUT2D eigenvalue weighted by Crippen LogP contribution is 2.31. The monoisotopic (exact) mass is 354 g/mol. The van der Waals surface area contributed by atoms with E-state index in [0.29, 0.717) is 17.1 Å². The number of aryl methyl sites for hydroxylation is 1. The summed E-state index contributed by atoms with van der Waals surface area (Å²) in [6.45, 7) is 5.95. The normalized spacial score (nSPS) is 13.6. The van der Waals surface area contributed by atoms with Gasteiger partial charge >= 0.3 is 0 Å². The molecule has 4 heteroatoms. The van der Waals surface area contributed by atoms with Crippen LogP contribution in [0.15, 0.2) is 54.6 Å². The lowest BCUT2D eigenvalue weighted by Gasteiger charge is -2.19. The molecule has 2 aromatic carbocycles. The maximum absolute atomic E-state index is 10.8. The smallest absolute Gasteiger partial charge is 0.106 e. The van der Waals surface area contributed by atoms with Crippen molar-refractivity contribution >= 4 is 11.6 Å². The van der Waals surface area contributed by atoms with Crippen LogP contribution in [0.25, 0.3) is 16.9 Å². The quantitative estimate of drug-likeness (QED) is 0.656. The van der Waals surface area contributed by atoms with E-state index in [-0.39, 0.29) is 0 Å². The van der Waals surface area contributed by atoms with Crippen LogP contribution >= 0.6 is 11.6 Å². The van der Waals surface area contributed by atoms with E-state index in [2.05, 4.69) is 38.1 Å². The van der Waals surface area contributed by atoms with Crippen molar-refractivity contribution in [2.75, 3.05) is 0 Å². The van der Waals surface area contributed by atoms with Crippen LogP contribution in [-0.2, 0) is 5.60 Å². The summed E-state index contributed by atoms with van der Waals surface area (Å²) >= 11 is 6.02. The highest BCUT2D eigenvalue weighted by molar-refractivity contribution is 6.30. The van der Waals surface area contributed by atoms with Crippen LogP contribution in [0.5, 0.6) is 0 Å².